The van der Waals surface area contributed by atoms with Crippen LogP contribution in [0, 0.1) is 0 Å². The van der Waals surface area contributed by atoms with Gasteiger partial charge in [0.2, 0.25) is 0 Å². The van der Waals surface area contributed by atoms with Gasteiger partial charge in [-0.05, 0) is 37.5 Å². The fraction of sp³-hybridized carbons (Fsp3) is 0.444. The summed E-state index contributed by atoms with van der Waals surface area (Å²) in [5.41, 5.74) is 0.741. The maximum Gasteiger partial charge on any atom is 0.145 e. The highest BCUT2D eigenvalue weighted by Crippen LogP contribution is 2.12. The predicted molar refractivity (Wildman–Crippen MR) is 43.1 cm³/mol. The molecule has 1 rings (SSSR count). The van der Waals surface area contributed by atoms with E-state index in [1.807, 2.05) is 12.2 Å². The Bertz CT molecular complexity index is 192. The molecule has 1 atom stereocenters. The third-order valence-electron chi connectivity index (χ3n) is 1.60. The van der Waals surface area contributed by atoms with Crippen LogP contribution < -0.4 is 0 Å². The largest absolute Gasteiger partial charge is 0.494 e. The zero-order valence-electron chi connectivity index (χ0n) is 6.62. The highest BCUT2D eigenvalue weighted by atomic mass is 16.5. The van der Waals surface area contributed by atoms with E-state index in [0.29, 0.717) is 0 Å². The van der Waals surface area contributed by atoms with Gasteiger partial charge in [0.15, 0.2) is 0 Å². The summed E-state index contributed by atoms with van der Waals surface area (Å²) in [5, 5.41) is 0. The topological polar surface area (TPSA) is 26.3 Å². The van der Waals surface area contributed by atoms with E-state index < -0.39 is 0 Å². The average Bonchev–Trinajstić information content (AvgIpc) is 2.06. The van der Waals surface area contributed by atoms with Crippen LogP contribution in [-0.2, 0) is 9.53 Å². The van der Waals surface area contributed by atoms with Crippen LogP contribution >= 0.6 is 0 Å². The van der Waals surface area contributed by atoms with Crippen LogP contribution in [0.2, 0.25) is 0 Å². The Morgan fingerprint density at radius 1 is 1.73 bits per heavy atom. The lowest BCUT2D eigenvalue weighted by molar-refractivity contribution is -0.104. The van der Waals surface area contributed by atoms with Crippen molar-refractivity contribution in [1.82, 2.24) is 0 Å². The second-order valence-corrected chi connectivity index (χ2v) is 2.65. The Labute approximate surface area is 66.5 Å². The first-order chi connectivity index (χ1) is 5.33. The van der Waals surface area contributed by atoms with Crippen molar-refractivity contribution in [3.05, 3.63) is 24.0 Å². The van der Waals surface area contributed by atoms with Gasteiger partial charge in [-0.3, -0.25) is 4.79 Å². The molecule has 0 N–H and O–H groups in total. The van der Waals surface area contributed by atoms with Crippen LogP contribution in [0.1, 0.15) is 19.8 Å². The van der Waals surface area contributed by atoms with E-state index >= 15 is 0 Å². The van der Waals surface area contributed by atoms with E-state index in [4.69, 9.17) is 4.74 Å². The minimum absolute atomic E-state index is 0.102. The fourth-order valence-electron chi connectivity index (χ4n) is 1.01. The van der Waals surface area contributed by atoms with E-state index in [1.54, 1.807) is 13.2 Å². The van der Waals surface area contributed by atoms with Gasteiger partial charge in [-0.2, -0.15) is 0 Å². The summed E-state index contributed by atoms with van der Waals surface area (Å²) in [6.07, 6.45) is 8.50. The monoisotopic (exact) mass is 152 g/mol. The maximum atomic E-state index is 10.2. The summed E-state index contributed by atoms with van der Waals surface area (Å²) in [5.74, 6) is 0. The molecule has 0 saturated heterocycles. The van der Waals surface area contributed by atoms with Crippen LogP contribution in [-0.4, -0.2) is 12.4 Å². The molecule has 2 heteroatoms. The van der Waals surface area contributed by atoms with Gasteiger partial charge in [-0.25, -0.2) is 0 Å². The molecule has 0 fully saturated rings. The van der Waals surface area contributed by atoms with Gasteiger partial charge in [-0.1, -0.05) is 0 Å². The maximum absolute atomic E-state index is 10.2. The number of carbonyl (C=O) groups excluding carboxylic acids is 1. The van der Waals surface area contributed by atoms with Crippen LogP contribution in [0.3, 0.4) is 0 Å². The molecule has 1 aliphatic heterocycles. The second-order valence-electron chi connectivity index (χ2n) is 2.65. The first-order valence-corrected chi connectivity index (χ1v) is 3.77. The van der Waals surface area contributed by atoms with Crippen molar-refractivity contribution in [3.63, 3.8) is 0 Å². The molecular formula is C9H12O2. The number of ether oxygens (including phenoxy) is 1. The van der Waals surface area contributed by atoms with Crippen LogP contribution in [0.5, 0.6) is 0 Å². The minimum atomic E-state index is 0.102. The van der Waals surface area contributed by atoms with E-state index in [9.17, 15) is 4.79 Å². The molecule has 0 radical (unpaired) electrons. The van der Waals surface area contributed by atoms with Gasteiger partial charge >= 0.3 is 0 Å². The number of carbonyl (C=O) groups is 1. The zero-order valence-corrected chi connectivity index (χ0v) is 6.62. The van der Waals surface area contributed by atoms with Crippen molar-refractivity contribution in [2.24, 2.45) is 0 Å². The molecule has 0 saturated carbocycles. The lowest BCUT2D eigenvalue weighted by atomic mass is 10.1. The molecule has 11 heavy (non-hydrogen) atoms. The number of rotatable bonds is 2. The second kappa shape index (κ2) is 3.96. The molecule has 0 aliphatic carbocycles. The molecule has 0 spiro atoms. The summed E-state index contributed by atoms with van der Waals surface area (Å²) in [4.78, 5) is 10.2. The Morgan fingerprint density at radius 2 is 2.55 bits per heavy atom. The molecular weight excluding hydrogens is 140 g/mol. The predicted octanol–water partition coefficient (Wildman–Crippen LogP) is 1.82. The van der Waals surface area contributed by atoms with Crippen LogP contribution in [0.15, 0.2) is 24.0 Å². The Hall–Kier alpha value is -1.05. The highest BCUT2D eigenvalue weighted by Gasteiger charge is 2.06. The number of hydrogen-bond donors (Lipinski definition) is 0. The van der Waals surface area contributed by atoms with Gasteiger partial charge < -0.3 is 4.74 Å². The van der Waals surface area contributed by atoms with Gasteiger partial charge in [0.1, 0.15) is 12.4 Å². The Morgan fingerprint density at radius 3 is 3.09 bits per heavy atom. The smallest absolute Gasteiger partial charge is 0.145 e. The van der Waals surface area contributed by atoms with Crippen molar-refractivity contribution in [3.8, 4) is 0 Å². The van der Waals surface area contributed by atoms with E-state index in [1.165, 1.54) is 0 Å². The SMILES string of the molecule is C/C(C=O)=C\C1CCC=CO1. The zero-order chi connectivity index (χ0) is 8.10. The fourth-order valence-corrected chi connectivity index (χ4v) is 1.01. The average molecular weight is 152 g/mol. The Kier molecular flexibility index (Phi) is 2.90. The minimum Gasteiger partial charge on any atom is -0.494 e. The third-order valence-corrected chi connectivity index (χ3v) is 1.60. The van der Waals surface area contributed by atoms with Crippen molar-refractivity contribution < 1.29 is 9.53 Å². The summed E-state index contributed by atoms with van der Waals surface area (Å²) < 4.78 is 5.23. The van der Waals surface area contributed by atoms with Crippen molar-refractivity contribution in [2.45, 2.75) is 25.9 Å². The number of hydrogen-bond acceptors (Lipinski definition) is 2. The molecule has 1 aliphatic rings. The standard InChI is InChI=1S/C9H12O2/c1-8(7-10)6-9-4-2-3-5-11-9/h3,5-7,9H,2,4H2,1H3/b8-6+. The van der Waals surface area contributed by atoms with E-state index in [0.717, 1.165) is 24.7 Å². The lowest BCUT2D eigenvalue weighted by Crippen LogP contribution is -2.09. The molecule has 0 amide bonds. The summed E-state index contributed by atoms with van der Waals surface area (Å²) >= 11 is 0. The van der Waals surface area contributed by atoms with Crippen molar-refractivity contribution in [1.29, 1.82) is 0 Å². The van der Waals surface area contributed by atoms with Crippen molar-refractivity contribution >= 4 is 6.29 Å². The summed E-state index contributed by atoms with van der Waals surface area (Å²) in [7, 11) is 0. The molecule has 0 aromatic heterocycles. The normalized spacial score (nSPS) is 24.5. The molecule has 0 aromatic carbocycles. The van der Waals surface area contributed by atoms with E-state index in [-0.39, 0.29) is 6.10 Å². The third kappa shape index (κ3) is 2.58. The molecule has 60 valence electrons. The van der Waals surface area contributed by atoms with Crippen molar-refractivity contribution in [2.75, 3.05) is 0 Å². The van der Waals surface area contributed by atoms with Gasteiger partial charge in [-0.15, -0.1) is 0 Å². The first kappa shape index (κ1) is 8.05. The Balaban J connectivity index is 2.48. The molecule has 1 heterocycles. The molecule has 0 bridgehead atoms. The summed E-state index contributed by atoms with van der Waals surface area (Å²) in [6.45, 7) is 1.79. The van der Waals surface area contributed by atoms with E-state index in [2.05, 4.69) is 0 Å². The van der Waals surface area contributed by atoms with Gasteiger partial charge in [0.05, 0.1) is 6.26 Å². The lowest BCUT2D eigenvalue weighted by Gasteiger charge is -2.15. The molecule has 1 unspecified atom stereocenters. The number of aldehydes is 1. The highest BCUT2D eigenvalue weighted by molar-refractivity contribution is 5.72. The van der Waals surface area contributed by atoms with Crippen LogP contribution in [0.4, 0.5) is 0 Å². The molecule has 0 aromatic rings. The number of allylic oxidation sites excluding steroid dienone is 2. The first-order valence-electron chi connectivity index (χ1n) is 3.77. The van der Waals surface area contributed by atoms with Gasteiger partial charge in [0, 0.05) is 0 Å². The quantitative estimate of drug-likeness (QED) is 0.445. The van der Waals surface area contributed by atoms with Crippen LogP contribution in [0.25, 0.3) is 0 Å². The van der Waals surface area contributed by atoms with Gasteiger partial charge in [0.25, 0.3) is 0 Å². The molecule has 2 nitrogen and oxygen atoms in total. The summed E-state index contributed by atoms with van der Waals surface area (Å²) in [6, 6.07) is 0.